The Morgan fingerprint density at radius 3 is 2.36 bits per heavy atom. The molecule has 0 spiro atoms. The Morgan fingerprint density at radius 2 is 2.18 bits per heavy atom. The van der Waals surface area contributed by atoms with Crippen molar-refractivity contribution < 1.29 is 9.90 Å². The van der Waals surface area contributed by atoms with Gasteiger partial charge in [0, 0.05) is 11.5 Å². The molecule has 0 saturated carbocycles. The Balaban J connectivity index is 3.04. The standard InChI is InChI=1S/C9H12O2/c1-4-7-5(2)8(10)9(11)6(7)3/h7,11H,2,4H2,1,3H3/t7-/m0/s1. The number of allylic oxidation sites excluding steroid dienone is 2. The highest BCUT2D eigenvalue weighted by Crippen LogP contribution is 2.33. The molecule has 0 aromatic carbocycles. The number of aliphatic hydroxyl groups excluding tert-OH is 1. The SMILES string of the molecule is C=C1C(=O)C(O)=C(C)[C@H]1CC. The first-order valence-corrected chi connectivity index (χ1v) is 3.72. The van der Waals surface area contributed by atoms with Gasteiger partial charge in [0.1, 0.15) is 0 Å². The van der Waals surface area contributed by atoms with Crippen molar-refractivity contribution in [2.75, 3.05) is 0 Å². The van der Waals surface area contributed by atoms with E-state index in [4.69, 9.17) is 0 Å². The van der Waals surface area contributed by atoms with Gasteiger partial charge in [-0.2, -0.15) is 0 Å². The van der Waals surface area contributed by atoms with Crippen molar-refractivity contribution in [1.82, 2.24) is 0 Å². The van der Waals surface area contributed by atoms with E-state index in [0.29, 0.717) is 5.57 Å². The maximum atomic E-state index is 11.1. The minimum absolute atomic E-state index is 0.0718. The monoisotopic (exact) mass is 152 g/mol. The predicted octanol–water partition coefficient (Wildman–Crippen LogP) is 1.98. The predicted molar refractivity (Wildman–Crippen MR) is 43.3 cm³/mol. The van der Waals surface area contributed by atoms with Gasteiger partial charge in [0.2, 0.25) is 5.78 Å². The fraction of sp³-hybridized carbons (Fsp3) is 0.444. The molecular formula is C9H12O2. The summed E-state index contributed by atoms with van der Waals surface area (Å²) in [7, 11) is 0. The lowest BCUT2D eigenvalue weighted by molar-refractivity contribution is -0.114. The average Bonchev–Trinajstić information content (AvgIpc) is 2.17. The van der Waals surface area contributed by atoms with Crippen LogP contribution in [0.3, 0.4) is 0 Å². The first-order valence-electron chi connectivity index (χ1n) is 3.72. The molecule has 0 aromatic rings. The molecule has 0 aliphatic heterocycles. The van der Waals surface area contributed by atoms with E-state index in [0.717, 1.165) is 12.0 Å². The summed E-state index contributed by atoms with van der Waals surface area (Å²) in [5.74, 6) is -0.307. The zero-order valence-electron chi connectivity index (χ0n) is 6.85. The summed E-state index contributed by atoms with van der Waals surface area (Å²) in [6, 6.07) is 0. The molecule has 0 aromatic heterocycles. The smallest absolute Gasteiger partial charge is 0.223 e. The van der Waals surface area contributed by atoms with Crippen LogP contribution in [0.1, 0.15) is 20.3 Å². The van der Waals surface area contributed by atoms with E-state index in [1.807, 2.05) is 6.92 Å². The van der Waals surface area contributed by atoms with Gasteiger partial charge in [-0.1, -0.05) is 13.5 Å². The number of aliphatic hydroxyl groups is 1. The molecule has 0 saturated heterocycles. The zero-order valence-corrected chi connectivity index (χ0v) is 6.85. The van der Waals surface area contributed by atoms with Crippen molar-refractivity contribution in [3.05, 3.63) is 23.5 Å². The van der Waals surface area contributed by atoms with Gasteiger partial charge in [-0.3, -0.25) is 4.79 Å². The Labute approximate surface area is 66.2 Å². The fourth-order valence-electron chi connectivity index (χ4n) is 1.47. The quantitative estimate of drug-likeness (QED) is 0.583. The molecule has 1 N–H and O–H groups in total. The summed E-state index contributed by atoms with van der Waals surface area (Å²) in [6.07, 6.45) is 0.834. The third-order valence-electron chi connectivity index (χ3n) is 2.23. The van der Waals surface area contributed by atoms with E-state index in [9.17, 15) is 9.90 Å². The van der Waals surface area contributed by atoms with Gasteiger partial charge in [-0.15, -0.1) is 0 Å². The first-order chi connectivity index (χ1) is 5.09. The van der Waals surface area contributed by atoms with Crippen LogP contribution in [0.25, 0.3) is 0 Å². The van der Waals surface area contributed by atoms with E-state index in [1.54, 1.807) is 6.92 Å². The van der Waals surface area contributed by atoms with E-state index in [-0.39, 0.29) is 17.5 Å². The van der Waals surface area contributed by atoms with Crippen molar-refractivity contribution in [3.8, 4) is 0 Å². The molecule has 60 valence electrons. The average molecular weight is 152 g/mol. The Hall–Kier alpha value is -1.05. The summed E-state index contributed by atoms with van der Waals surface area (Å²) in [6.45, 7) is 7.39. The second-order valence-corrected chi connectivity index (χ2v) is 2.85. The number of carbonyl (C=O) groups excluding carboxylic acids is 1. The van der Waals surface area contributed by atoms with Gasteiger partial charge in [0.05, 0.1) is 0 Å². The maximum Gasteiger partial charge on any atom is 0.223 e. The van der Waals surface area contributed by atoms with Gasteiger partial charge < -0.3 is 5.11 Å². The Kier molecular flexibility index (Phi) is 1.85. The van der Waals surface area contributed by atoms with Crippen LogP contribution in [0.5, 0.6) is 0 Å². The molecule has 1 aliphatic rings. The van der Waals surface area contributed by atoms with Crippen molar-refractivity contribution in [2.24, 2.45) is 5.92 Å². The number of hydrogen-bond donors (Lipinski definition) is 1. The van der Waals surface area contributed by atoms with Crippen LogP contribution in [0.4, 0.5) is 0 Å². The van der Waals surface area contributed by atoms with Crippen LogP contribution in [-0.2, 0) is 4.79 Å². The molecule has 0 fully saturated rings. The normalized spacial score (nSPS) is 25.1. The van der Waals surface area contributed by atoms with Crippen molar-refractivity contribution in [3.63, 3.8) is 0 Å². The topological polar surface area (TPSA) is 37.3 Å². The van der Waals surface area contributed by atoms with Crippen LogP contribution in [0.2, 0.25) is 0 Å². The van der Waals surface area contributed by atoms with Crippen molar-refractivity contribution >= 4 is 5.78 Å². The molecule has 1 aliphatic carbocycles. The summed E-state index contributed by atoms with van der Waals surface area (Å²) < 4.78 is 0. The van der Waals surface area contributed by atoms with Crippen LogP contribution in [0, 0.1) is 5.92 Å². The van der Waals surface area contributed by atoms with Gasteiger partial charge in [-0.25, -0.2) is 0 Å². The number of Topliss-reactive ketones (excluding diaryl/α,β-unsaturated/α-hetero) is 1. The van der Waals surface area contributed by atoms with Crippen LogP contribution < -0.4 is 0 Å². The third-order valence-corrected chi connectivity index (χ3v) is 2.23. The Morgan fingerprint density at radius 1 is 1.64 bits per heavy atom. The molecule has 1 atom stereocenters. The molecule has 11 heavy (non-hydrogen) atoms. The fourth-order valence-corrected chi connectivity index (χ4v) is 1.47. The van der Waals surface area contributed by atoms with Crippen LogP contribution in [0.15, 0.2) is 23.5 Å². The van der Waals surface area contributed by atoms with E-state index in [1.165, 1.54) is 0 Å². The van der Waals surface area contributed by atoms with Crippen molar-refractivity contribution in [1.29, 1.82) is 0 Å². The molecule has 2 nitrogen and oxygen atoms in total. The summed E-state index contributed by atoms with van der Waals surface area (Å²) in [5, 5.41) is 9.21. The third kappa shape index (κ3) is 0.985. The minimum atomic E-state index is -0.283. The summed E-state index contributed by atoms with van der Waals surface area (Å²) >= 11 is 0. The van der Waals surface area contributed by atoms with E-state index < -0.39 is 0 Å². The van der Waals surface area contributed by atoms with E-state index in [2.05, 4.69) is 6.58 Å². The molecule has 0 unspecified atom stereocenters. The molecule has 0 radical (unpaired) electrons. The first kappa shape index (κ1) is 8.05. The van der Waals surface area contributed by atoms with Gasteiger partial charge in [-0.05, 0) is 18.9 Å². The number of ketones is 1. The number of hydrogen-bond acceptors (Lipinski definition) is 2. The lowest BCUT2D eigenvalue weighted by atomic mass is 9.96. The van der Waals surface area contributed by atoms with E-state index >= 15 is 0 Å². The molecule has 2 heteroatoms. The van der Waals surface area contributed by atoms with Gasteiger partial charge >= 0.3 is 0 Å². The second kappa shape index (κ2) is 2.53. The lowest BCUT2D eigenvalue weighted by Crippen LogP contribution is -2.02. The Bertz CT molecular complexity index is 248. The molecule has 0 heterocycles. The number of carbonyl (C=O) groups is 1. The largest absolute Gasteiger partial charge is 0.504 e. The summed E-state index contributed by atoms with van der Waals surface area (Å²) in [4.78, 5) is 11.1. The summed E-state index contributed by atoms with van der Waals surface area (Å²) in [5.41, 5.74) is 1.30. The number of rotatable bonds is 1. The van der Waals surface area contributed by atoms with Crippen LogP contribution >= 0.6 is 0 Å². The van der Waals surface area contributed by atoms with Crippen molar-refractivity contribution in [2.45, 2.75) is 20.3 Å². The molecule has 0 amide bonds. The second-order valence-electron chi connectivity index (χ2n) is 2.85. The van der Waals surface area contributed by atoms with Gasteiger partial charge in [0.15, 0.2) is 5.76 Å². The molecule has 0 bridgehead atoms. The zero-order chi connectivity index (χ0) is 8.59. The molecule has 1 rings (SSSR count). The highest BCUT2D eigenvalue weighted by Gasteiger charge is 2.31. The highest BCUT2D eigenvalue weighted by atomic mass is 16.3. The maximum absolute atomic E-state index is 11.1. The minimum Gasteiger partial charge on any atom is -0.504 e. The molecular weight excluding hydrogens is 140 g/mol. The van der Waals surface area contributed by atoms with Gasteiger partial charge in [0.25, 0.3) is 0 Å². The highest BCUT2D eigenvalue weighted by molar-refractivity contribution is 6.10. The lowest BCUT2D eigenvalue weighted by Gasteiger charge is -2.06. The van der Waals surface area contributed by atoms with Crippen LogP contribution in [-0.4, -0.2) is 10.9 Å².